The maximum atomic E-state index is 11.1. The van der Waals surface area contributed by atoms with Crippen molar-refractivity contribution in [1.29, 1.82) is 0 Å². The maximum absolute atomic E-state index is 11.1. The summed E-state index contributed by atoms with van der Waals surface area (Å²) in [6.07, 6.45) is 0. The number of nitrogens with one attached hydrogen (secondary N) is 1. The van der Waals surface area contributed by atoms with Gasteiger partial charge in [0.25, 0.3) is 0 Å². The standard InChI is InChI=1S/C11H20N4O4/c1-7(2)14-10(12-5-11(4,17)6-16)9(15(18)19)8(3)13-14/h7,12,16-17H,5-6H2,1-4H3. The molecule has 1 rings (SSSR count). The van der Waals surface area contributed by atoms with Gasteiger partial charge in [0.05, 0.1) is 11.5 Å². The van der Waals surface area contributed by atoms with E-state index in [1.807, 2.05) is 13.8 Å². The summed E-state index contributed by atoms with van der Waals surface area (Å²) >= 11 is 0. The van der Waals surface area contributed by atoms with Gasteiger partial charge in [-0.15, -0.1) is 0 Å². The van der Waals surface area contributed by atoms with Gasteiger partial charge >= 0.3 is 5.69 Å². The second-order valence-corrected chi connectivity index (χ2v) is 5.09. The number of anilines is 1. The van der Waals surface area contributed by atoms with Crippen LogP contribution in [0.1, 0.15) is 32.5 Å². The molecule has 0 aliphatic heterocycles. The van der Waals surface area contributed by atoms with Crippen molar-refractivity contribution in [1.82, 2.24) is 9.78 Å². The first kappa shape index (κ1) is 15.4. The number of hydrogen-bond donors (Lipinski definition) is 3. The molecule has 0 bridgehead atoms. The lowest BCUT2D eigenvalue weighted by Gasteiger charge is -2.21. The van der Waals surface area contributed by atoms with Crippen molar-refractivity contribution >= 4 is 11.5 Å². The Kier molecular flexibility index (Phi) is 4.48. The van der Waals surface area contributed by atoms with Crippen molar-refractivity contribution in [3.63, 3.8) is 0 Å². The molecular weight excluding hydrogens is 252 g/mol. The minimum atomic E-state index is -1.35. The summed E-state index contributed by atoms with van der Waals surface area (Å²) in [5.41, 5.74) is -1.15. The molecule has 0 saturated heterocycles. The zero-order valence-corrected chi connectivity index (χ0v) is 11.5. The molecule has 1 unspecified atom stereocenters. The Balaban J connectivity index is 3.12. The van der Waals surface area contributed by atoms with E-state index in [4.69, 9.17) is 5.11 Å². The highest BCUT2D eigenvalue weighted by molar-refractivity contribution is 5.59. The van der Waals surface area contributed by atoms with Gasteiger partial charge < -0.3 is 15.5 Å². The van der Waals surface area contributed by atoms with Gasteiger partial charge in [0.15, 0.2) is 0 Å². The summed E-state index contributed by atoms with van der Waals surface area (Å²) in [5.74, 6) is 0.242. The van der Waals surface area contributed by atoms with Crippen LogP contribution in [0.2, 0.25) is 0 Å². The van der Waals surface area contributed by atoms with E-state index in [2.05, 4.69) is 10.4 Å². The van der Waals surface area contributed by atoms with Crippen LogP contribution in [0.4, 0.5) is 11.5 Å². The first-order valence-corrected chi connectivity index (χ1v) is 6.00. The van der Waals surface area contributed by atoms with Crippen LogP contribution < -0.4 is 5.32 Å². The lowest BCUT2D eigenvalue weighted by molar-refractivity contribution is -0.384. The second-order valence-electron chi connectivity index (χ2n) is 5.09. The molecule has 1 atom stereocenters. The summed E-state index contributed by atoms with van der Waals surface area (Å²) < 4.78 is 1.50. The number of nitrogens with zero attached hydrogens (tertiary/aromatic N) is 3. The fraction of sp³-hybridized carbons (Fsp3) is 0.727. The molecule has 108 valence electrons. The predicted molar refractivity (Wildman–Crippen MR) is 70.2 cm³/mol. The molecule has 0 fully saturated rings. The lowest BCUT2D eigenvalue weighted by atomic mass is 10.1. The van der Waals surface area contributed by atoms with Crippen LogP contribution in [0.15, 0.2) is 0 Å². The first-order chi connectivity index (χ1) is 8.69. The Morgan fingerprint density at radius 2 is 2.16 bits per heavy atom. The van der Waals surface area contributed by atoms with Crippen molar-refractivity contribution in [3.05, 3.63) is 15.8 Å². The molecular formula is C11H20N4O4. The Morgan fingerprint density at radius 3 is 2.58 bits per heavy atom. The number of hydrogen-bond acceptors (Lipinski definition) is 6. The van der Waals surface area contributed by atoms with Crippen molar-refractivity contribution in [3.8, 4) is 0 Å². The second kappa shape index (κ2) is 5.54. The number of rotatable bonds is 6. The lowest BCUT2D eigenvalue weighted by Crippen LogP contribution is -2.37. The van der Waals surface area contributed by atoms with Crippen LogP contribution in [0, 0.1) is 17.0 Å². The number of aromatic nitrogens is 2. The molecule has 1 aromatic heterocycles. The van der Waals surface area contributed by atoms with Crippen molar-refractivity contribution in [2.75, 3.05) is 18.5 Å². The largest absolute Gasteiger partial charge is 0.393 e. The first-order valence-electron chi connectivity index (χ1n) is 6.00. The third-order valence-electron chi connectivity index (χ3n) is 2.70. The van der Waals surface area contributed by atoms with Gasteiger partial charge in [-0.25, -0.2) is 4.68 Å². The normalized spacial score (nSPS) is 14.5. The van der Waals surface area contributed by atoms with Crippen molar-refractivity contribution in [2.24, 2.45) is 0 Å². The van der Waals surface area contributed by atoms with Gasteiger partial charge in [0.2, 0.25) is 5.82 Å². The third kappa shape index (κ3) is 3.42. The van der Waals surface area contributed by atoms with Gasteiger partial charge in [-0.1, -0.05) is 0 Å². The van der Waals surface area contributed by atoms with E-state index in [-0.39, 0.29) is 24.1 Å². The van der Waals surface area contributed by atoms with Gasteiger partial charge in [-0.05, 0) is 27.7 Å². The van der Waals surface area contributed by atoms with Crippen molar-refractivity contribution in [2.45, 2.75) is 39.3 Å². The van der Waals surface area contributed by atoms with E-state index in [1.165, 1.54) is 11.6 Å². The number of aryl methyl sites for hydroxylation is 1. The minimum Gasteiger partial charge on any atom is -0.393 e. The average molecular weight is 272 g/mol. The zero-order chi connectivity index (χ0) is 14.8. The maximum Gasteiger partial charge on any atom is 0.333 e. The van der Waals surface area contributed by atoms with Crippen LogP contribution in [0.5, 0.6) is 0 Å². The van der Waals surface area contributed by atoms with Gasteiger partial charge in [-0.2, -0.15) is 5.10 Å². The number of nitro groups is 1. The van der Waals surface area contributed by atoms with E-state index in [9.17, 15) is 15.2 Å². The van der Waals surface area contributed by atoms with Crippen LogP contribution in [0.3, 0.4) is 0 Å². The van der Waals surface area contributed by atoms with Crippen LogP contribution >= 0.6 is 0 Å². The molecule has 0 saturated carbocycles. The third-order valence-corrected chi connectivity index (χ3v) is 2.70. The summed E-state index contributed by atoms with van der Waals surface area (Å²) in [6, 6.07) is -0.0611. The molecule has 0 spiro atoms. The molecule has 0 aliphatic rings. The Labute approximate surface area is 111 Å². The molecule has 1 heterocycles. The average Bonchev–Trinajstić information content (AvgIpc) is 2.64. The van der Waals surface area contributed by atoms with E-state index in [0.29, 0.717) is 5.69 Å². The Morgan fingerprint density at radius 1 is 1.58 bits per heavy atom. The fourth-order valence-electron chi connectivity index (χ4n) is 1.63. The predicted octanol–water partition coefficient (Wildman–Crippen LogP) is 0.836. The SMILES string of the molecule is Cc1nn(C(C)C)c(NCC(C)(O)CO)c1[N+](=O)[O-]. The molecule has 8 nitrogen and oxygen atoms in total. The van der Waals surface area contributed by atoms with E-state index in [0.717, 1.165) is 0 Å². The molecule has 1 aromatic rings. The van der Waals surface area contributed by atoms with E-state index in [1.54, 1.807) is 6.92 Å². The van der Waals surface area contributed by atoms with Gasteiger partial charge in [0.1, 0.15) is 11.3 Å². The number of aliphatic hydroxyl groups is 2. The smallest absolute Gasteiger partial charge is 0.333 e. The molecule has 19 heavy (non-hydrogen) atoms. The topological polar surface area (TPSA) is 113 Å². The molecule has 0 amide bonds. The monoisotopic (exact) mass is 272 g/mol. The van der Waals surface area contributed by atoms with Crippen molar-refractivity contribution < 1.29 is 15.1 Å². The van der Waals surface area contributed by atoms with Crippen LogP contribution in [0.25, 0.3) is 0 Å². The van der Waals surface area contributed by atoms with E-state index >= 15 is 0 Å². The van der Waals surface area contributed by atoms with Gasteiger partial charge in [0, 0.05) is 12.6 Å². The zero-order valence-electron chi connectivity index (χ0n) is 11.5. The summed E-state index contributed by atoms with van der Waals surface area (Å²) in [5, 5.41) is 36.7. The summed E-state index contributed by atoms with van der Waals surface area (Å²) in [7, 11) is 0. The van der Waals surface area contributed by atoms with Crippen LogP contribution in [-0.4, -0.2) is 43.7 Å². The quantitative estimate of drug-likeness (QED) is 0.522. The molecule has 0 aliphatic carbocycles. The summed E-state index contributed by atoms with van der Waals surface area (Å²) in [4.78, 5) is 10.6. The Hall–Kier alpha value is -1.67. The highest BCUT2D eigenvalue weighted by Gasteiger charge is 2.28. The Bertz CT molecular complexity index is 468. The molecule has 0 radical (unpaired) electrons. The van der Waals surface area contributed by atoms with Crippen LogP contribution in [-0.2, 0) is 0 Å². The molecule has 3 N–H and O–H groups in total. The minimum absolute atomic E-state index is 0.0117. The molecule has 8 heteroatoms. The van der Waals surface area contributed by atoms with E-state index < -0.39 is 17.1 Å². The molecule has 0 aromatic carbocycles. The summed E-state index contributed by atoms with van der Waals surface area (Å²) in [6.45, 7) is 6.25. The highest BCUT2D eigenvalue weighted by Crippen LogP contribution is 2.30. The number of aliphatic hydroxyl groups excluding tert-OH is 1. The highest BCUT2D eigenvalue weighted by atomic mass is 16.6. The fourth-order valence-corrected chi connectivity index (χ4v) is 1.63. The van der Waals surface area contributed by atoms with Gasteiger partial charge in [-0.3, -0.25) is 10.1 Å².